The molecule has 1 amide bonds. The number of piperidine rings is 1. The maximum atomic E-state index is 11.4. The Labute approximate surface area is 229 Å². The fourth-order valence-electron chi connectivity index (χ4n) is 9.83. The van der Waals surface area contributed by atoms with Gasteiger partial charge in [-0.05, 0) is 86.7 Å². The van der Waals surface area contributed by atoms with E-state index in [1.165, 1.54) is 30.5 Å². The number of amides is 1. The van der Waals surface area contributed by atoms with Crippen molar-refractivity contribution in [2.24, 2.45) is 23.0 Å². The van der Waals surface area contributed by atoms with Gasteiger partial charge < -0.3 is 25.1 Å². The molecule has 1 saturated heterocycles. The van der Waals surface area contributed by atoms with Crippen molar-refractivity contribution < 1.29 is 24.1 Å². The molecule has 2 unspecified atom stereocenters. The molecule has 2 heterocycles. The van der Waals surface area contributed by atoms with Crippen molar-refractivity contribution >= 4 is 5.91 Å². The van der Waals surface area contributed by atoms with E-state index >= 15 is 0 Å². The number of hydrogen-bond acceptors (Lipinski definition) is 6. The number of primary amides is 1. The van der Waals surface area contributed by atoms with Crippen LogP contribution in [-0.2, 0) is 27.9 Å². The van der Waals surface area contributed by atoms with Crippen LogP contribution < -0.4 is 10.5 Å². The maximum Gasteiger partial charge on any atom is 0.248 e. The quantitative estimate of drug-likeness (QED) is 0.537. The van der Waals surface area contributed by atoms with Gasteiger partial charge in [-0.2, -0.15) is 0 Å². The number of aromatic hydroxyl groups is 1. The van der Waals surface area contributed by atoms with Crippen LogP contribution in [-0.4, -0.2) is 60.5 Å². The summed E-state index contributed by atoms with van der Waals surface area (Å²) < 4.78 is 19.9. The summed E-state index contributed by atoms with van der Waals surface area (Å²) in [5.74, 6) is 1.62. The molecule has 0 aromatic heterocycles. The Balaban J connectivity index is 1.15. The van der Waals surface area contributed by atoms with E-state index in [0.29, 0.717) is 24.8 Å². The second kappa shape index (κ2) is 8.21. The van der Waals surface area contributed by atoms with Gasteiger partial charge in [-0.3, -0.25) is 9.69 Å². The molecular formula is C32H38N2O5. The zero-order chi connectivity index (χ0) is 26.6. The number of hydrogen-bond donors (Lipinski definition) is 2. The summed E-state index contributed by atoms with van der Waals surface area (Å²) in [5, 5.41) is 11.0. The molecule has 6 atom stereocenters. The normalized spacial score (nSPS) is 37.4. The van der Waals surface area contributed by atoms with Crippen LogP contribution in [0.1, 0.15) is 65.6 Å². The Morgan fingerprint density at radius 2 is 1.97 bits per heavy atom. The smallest absolute Gasteiger partial charge is 0.248 e. The summed E-state index contributed by atoms with van der Waals surface area (Å²) in [6, 6.07) is 11.8. The molecule has 7 nitrogen and oxygen atoms in total. The van der Waals surface area contributed by atoms with E-state index in [0.717, 1.165) is 55.9 Å². The van der Waals surface area contributed by atoms with Crippen molar-refractivity contribution in [2.45, 2.75) is 74.7 Å². The molecule has 4 bridgehead atoms. The Morgan fingerprint density at radius 1 is 1.15 bits per heavy atom. The molecule has 0 radical (unpaired) electrons. The number of phenols is 1. The molecule has 2 aliphatic heterocycles. The lowest BCUT2D eigenvalue weighted by molar-refractivity contribution is -0.283. The minimum absolute atomic E-state index is 0.0916. The fourth-order valence-corrected chi connectivity index (χ4v) is 9.83. The predicted octanol–water partition coefficient (Wildman–Crippen LogP) is 3.93. The molecule has 7 heteroatoms. The topological polar surface area (TPSA) is 94.2 Å². The van der Waals surface area contributed by atoms with E-state index in [2.05, 4.69) is 11.0 Å². The van der Waals surface area contributed by atoms with E-state index in [4.69, 9.17) is 19.9 Å². The predicted molar refractivity (Wildman–Crippen MR) is 145 cm³/mol. The average molecular weight is 531 g/mol. The van der Waals surface area contributed by atoms with Gasteiger partial charge in [0.25, 0.3) is 0 Å². The number of carbonyl (C=O) groups is 1. The van der Waals surface area contributed by atoms with Crippen LogP contribution in [0.2, 0.25) is 0 Å². The highest BCUT2D eigenvalue weighted by molar-refractivity contribution is 5.92. The first-order chi connectivity index (χ1) is 18.9. The van der Waals surface area contributed by atoms with Gasteiger partial charge in [0.2, 0.25) is 5.91 Å². The maximum absolute atomic E-state index is 11.4. The zero-order valence-corrected chi connectivity index (χ0v) is 22.7. The number of nitrogens with two attached hydrogens (primary N) is 1. The molecule has 5 fully saturated rings. The van der Waals surface area contributed by atoms with Gasteiger partial charge in [0.05, 0.1) is 13.2 Å². The zero-order valence-electron chi connectivity index (χ0n) is 22.7. The molecule has 9 rings (SSSR count). The van der Waals surface area contributed by atoms with Crippen LogP contribution in [0.4, 0.5) is 0 Å². The van der Waals surface area contributed by atoms with E-state index in [1.807, 2.05) is 25.3 Å². The molecule has 7 aliphatic rings. The molecule has 39 heavy (non-hydrogen) atoms. The molecule has 2 aromatic rings. The number of carbonyl (C=O) groups excluding carboxylic acids is 1. The number of likely N-dealkylation sites (tertiary alicyclic amines) is 1. The van der Waals surface area contributed by atoms with Gasteiger partial charge in [-0.1, -0.05) is 18.2 Å². The van der Waals surface area contributed by atoms with Gasteiger partial charge >= 0.3 is 0 Å². The van der Waals surface area contributed by atoms with Gasteiger partial charge in [-0.25, -0.2) is 0 Å². The molecule has 206 valence electrons. The third-order valence-electron chi connectivity index (χ3n) is 11.6. The first kappa shape index (κ1) is 24.2. The third-order valence-corrected chi connectivity index (χ3v) is 11.6. The summed E-state index contributed by atoms with van der Waals surface area (Å²) in [5.41, 5.74) is 9.11. The molecule has 5 aliphatic carbocycles. The third kappa shape index (κ3) is 3.07. The second-order valence-electron chi connectivity index (χ2n) is 13.1. The molecule has 3 N–H and O–H groups in total. The minimum Gasteiger partial charge on any atom is -0.504 e. The number of methoxy groups -OCH3 is 1. The van der Waals surface area contributed by atoms with Crippen molar-refractivity contribution in [3.8, 4) is 11.5 Å². The second-order valence-corrected chi connectivity index (χ2v) is 13.1. The number of rotatable bonds is 8. The highest BCUT2D eigenvalue weighted by atomic mass is 16.6. The number of ether oxygens (including phenoxy) is 3. The van der Waals surface area contributed by atoms with E-state index in [-0.39, 0.29) is 28.6 Å². The number of fused-ring (bicyclic) bond motifs is 2. The summed E-state index contributed by atoms with van der Waals surface area (Å²) in [6.45, 7) is 3.38. The Bertz CT molecular complexity index is 1340. The highest BCUT2D eigenvalue weighted by Gasteiger charge is 2.80. The van der Waals surface area contributed by atoms with Crippen molar-refractivity contribution in [1.82, 2.24) is 4.90 Å². The Hall–Kier alpha value is -2.61. The lowest BCUT2D eigenvalue weighted by atomic mass is 9.35. The van der Waals surface area contributed by atoms with Crippen molar-refractivity contribution in [2.75, 3.05) is 26.8 Å². The number of phenolic OH excluding ortho intramolecular Hbond substituents is 1. The van der Waals surface area contributed by atoms with E-state index in [9.17, 15) is 9.90 Å². The number of nitrogens with zero attached hydrogens (tertiary/aromatic N) is 1. The van der Waals surface area contributed by atoms with E-state index < -0.39 is 11.5 Å². The average Bonchev–Trinajstić information content (AvgIpc) is 3.68. The highest BCUT2D eigenvalue weighted by Crippen LogP contribution is 2.76. The van der Waals surface area contributed by atoms with Crippen molar-refractivity contribution in [1.29, 1.82) is 0 Å². The van der Waals surface area contributed by atoms with Crippen LogP contribution in [0.5, 0.6) is 11.5 Å². The largest absolute Gasteiger partial charge is 0.504 e. The van der Waals surface area contributed by atoms with Gasteiger partial charge in [0, 0.05) is 47.6 Å². The fraction of sp³-hybridized carbons (Fsp3) is 0.594. The molecule has 4 saturated carbocycles. The van der Waals surface area contributed by atoms with Gasteiger partial charge in [0.1, 0.15) is 11.7 Å². The standard InChI is InChI=1S/C32H38N2O5/c1-37-32-11-10-30(15-23(32)18-38-17-20-4-6-21(7-5-20)28(33)36)25-14-22-8-9-24(35)27-26(22)31(30,29(32)39-27)12-13-34(25)16-19-2-3-19/h4-9,19,23,25,29,35H,2-3,10-18H2,1H3,(H2,33,36)/t23-,25-,29-,30?,31+,32?/m1/s1. The summed E-state index contributed by atoms with van der Waals surface area (Å²) >= 11 is 0. The molecular weight excluding hydrogens is 492 g/mol. The van der Waals surface area contributed by atoms with Gasteiger partial charge in [-0.15, -0.1) is 0 Å². The lowest BCUT2D eigenvalue weighted by Crippen LogP contribution is -2.81. The summed E-state index contributed by atoms with van der Waals surface area (Å²) in [7, 11) is 1.85. The summed E-state index contributed by atoms with van der Waals surface area (Å²) in [6.07, 6.45) is 7.86. The monoisotopic (exact) mass is 530 g/mol. The van der Waals surface area contributed by atoms with Crippen molar-refractivity contribution in [3.05, 3.63) is 58.7 Å². The first-order valence-corrected chi connectivity index (χ1v) is 14.7. The van der Waals surface area contributed by atoms with Crippen LogP contribution in [0.25, 0.3) is 0 Å². The lowest BCUT2D eigenvalue weighted by Gasteiger charge is -2.74. The van der Waals surface area contributed by atoms with Crippen molar-refractivity contribution in [3.63, 3.8) is 0 Å². The Morgan fingerprint density at radius 3 is 2.72 bits per heavy atom. The van der Waals surface area contributed by atoms with Crippen LogP contribution in [0.15, 0.2) is 36.4 Å². The van der Waals surface area contributed by atoms with Crippen LogP contribution >= 0.6 is 0 Å². The summed E-state index contributed by atoms with van der Waals surface area (Å²) in [4.78, 5) is 14.3. The Kier molecular flexibility index (Phi) is 5.10. The minimum atomic E-state index is -0.457. The van der Waals surface area contributed by atoms with Crippen LogP contribution in [0, 0.1) is 17.3 Å². The van der Waals surface area contributed by atoms with E-state index in [1.54, 1.807) is 12.1 Å². The SMILES string of the molecule is COC12CCC3(C[C@@H]1COCc1ccc(C(N)=O)cc1)[C@H]1Cc4ccc(O)c5c4[C@@]3(CCN1CC1CC1)[C@H]2O5. The molecule has 2 aromatic carbocycles. The molecule has 2 spiro atoms. The van der Waals surface area contributed by atoms with Gasteiger partial charge in [0.15, 0.2) is 11.5 Å². The van der Waals surface area contributed by atoms with Crippen LogP contribution in [0.3, 0.4) is 0 Å². The first-order valence-electron chi connectivity index (χ1n) is 14.7. The number of benzene rings is 2.